The van der Waals surface area contributed by atoms with Gasteiger partial charge in [0.2, 0.25) is 15.3 Å². The van der Waals surface area contributed by atoms with Crippen molar-refractivity contribution in [1.82, 2.24) is 4.90 Å². The summed E-state index contributed by atoms with van der Waals surface area (Å²) < 4.78 is 42.1. The minimum Gasteiger partial charge on any atom is -0.455 e. The molecule has 162 valence electrons. The summed E-state index contributed by atoms with van der Waals surface area (Å²) in [6.07, 6.45) is -1.31. The van der Waals surface area contributed by atoms with E-state index in [4.69, 9.17) is 14.2 Å². The number of esters is 2. The lowest BCUT2D eigenvalue weighted by atomic mass is 10.0. The second kappa shape index (κ2) is 7.51. The number of carbonyl (C=O) groups excluding carboxylic acids is 3. The Morgan fingerprint density at radius 1 is 1.07 bits per heavy atom. The monoisotopic (exact) mass is 437 g/mol. The molecule has 3 rings (SSSR count). The normalized spacial score (nSPS) is 25.3. The number of amides is 1. The molecule has 10 heteroatoms. The number of carbonyl (C=O) groups is 3. The van der Waals surface area contributed by atoms with Gasteiger partial charge in [-0.25, -0.2) is 18.0 Å². The minimum absolute atomic E-state index is 0.104. The van der Waals surface area contributed by atoms with E-state index in [1.165, 1.54) is 26.2 Å². The number of hydrogen-bond acceptors (Lipinski definition) is 8. The number of nitrogens with zero attached hydrogens (tertiary/aromatic N) is 1. The lowest BCUT2D eigenvalue weighted by Crippen LogP contribution is -2.72. The molecule has 2 heterocycles. The van der Waals surface area contributed by atoms with Gasteiger partial charge in [0, 0.05) is 12.7 Å². The summed E-state index contributed by atoms with van der Waals surface area (Å²) in [6.45, 7) is 6.24. The SMILES string of the molecule is CO[C@H]1C(=O)N2C(C(=O)OC(C)(C)C)=C(C)C(OC(=O)c3ccccc3)S(=O)(=O)[C@H]12. The molecular formula is C20H23NO8S. The molecule has 0 radical (unpaired) electrons. The summed E-state index contributed by atoms with van der Waals surface area (Å²) in [7, 11) is -3.06. The highest BCUT2D eigenvalue weighted by atomic mass is 32.2. The van der Waals surface area contributed by atoms with Gasteiger partial charge >= 0.3 is 11.9 Å². The smallest absolute Gasteiger partial charge is 0.355 e. The quantitative estimate of drug-likeness (QED) is 0.513. The molecule has 1 aromatic rings. The molecule has 1 aromatic carbocycles. The summed E-state index contributed by atoms with van der Waals surface area (Å²) >= 11 is 0. The predicted molar refractivity (Wildman–Crippen MR) is 105 cm³/mol. The fourth-order valence-corrected chi connectivity index (χ4v) is 5.52. The minimum atomic E-state index is -4.25. The van der Waals surface area contributed by atoms with Crippen LogP contribution in [0.4, 0.5) is 0 Å². The fourth-order valence-electron chi connectivity index (χ4n) is 3.37. The maximum atomic E-state index is 13.2. The van der Waals surface area contributed by atoms with Crippen LogP contribution < -0.4 is 0 Å². The summed E-state index contributed by atoms with van der Waals surface area (Å²) in [5, 5.41) is -1.49. The van der Waals surface area contributed by atoms with Gasteiger partial charge in [0.1, 0.15) is 11.3 Å². The Balaban J connectivity index is 2.07. The first kappa shape index (κ1) is 22.0. The maximum Gasteiger partial charge on any atom is 0.355 e. The van der Waals surface area contributed by atoms with Gasteiger partial charge in [-0.05, 0) is 39.8 Å². The van der Waals surface area contributed by atoms with Crippen molar-refractivity contribution in [2.45, 2.75) is 50.2 Å². The number of ether oxygens (including phenoxy) is 3. The van der Waals surface area contributed by atoms with Crippen LogP contribution in [0, 0.1) is 0 Å². The Morgan fingerprint density at radius 2 is 1.67 bits per heavy atom. The van der Waals surface area contributed by atoms with Gasteiger partial charge in [0.25, 0.3) is 5.91 Å². The van der Waals surface area contributed by atoms with Gasteiger partial charge in [-0.3, -0.25) is 9.69 Å². The number of benzene rings is 1. The van der Waals surface area contributed by atoms with E-state index in [0.29, 0.717) is 0 Å². The third-order valence-electron chi connectivity index (χ3n) is 4.67. The van der Waals surface area contributed by atoms with E-state index in [-0.39, 0.29) is 16.8 Å². The predicted octanol–water partition coefficient (Wildman–Crippen LogP) is 1.40. The average molecular weight is 437 g/mol. The van der Waals surface area contributed by atoms with Gasteiger partial charge < -0.3 is 14.2 Å². The number of sulfone groups is 1. The van der Waals surface area contributed by atoms with Crippen molar-refractivity contribution in [2.75, 3.05) is 7.11 Å². The standard InChI is InChI=1S/C20H23NO8S/c1-11-13(18(24)29-20(2,3)4)21-15(22)14(27-5)16(21)30(25,26)19(11)28-17(23)12-9-7-6-8-10-12/h6-10,14,16,19H,1-5H3/t14-,16+,19?/m0/s1. The van der Waals surface area contributed by atoms with E-state index in [2.05, 4.69) is 0 Å². The Kier molecular flexibility index (Phi) is 5.50. The van der Waals surface area contributed by atoms with Crippen LogP contribution in [0.5, 0.6) is 0 Å². The van der Waals surface area contributed by atoms with Crippen LogP contribution in [-0.4, -0.2) is 60.8 Å². The summed E-state index contributed by atoms with van der Waals surface area (Å²) in [5.41, 5.74) is -2.86. The fraction of sp³-hybridized carbons (Fsp3) is 0.450. The first-order valence-corrected chi connectivity index (χ1v) is 10.8. The average Bonchev–Trinajstić information content (AvgIpc) is 2.65. The second-order valence-electron chi connectivity index (χ2n) is 7.98. The Hall–Kier alpha value is -2.72. The maximum absolute atomic E-state index is 13.2. The van der Waals surface area contributed by atoms with E-state index in [1.807, 2.05) is 0 Å². The number of methoxy groups -OCH3 is 1. The van der Waals surface area contributed by atoms with Gasteiger partial charge in [0.15, 0.2) is 11.5 Å². The number of hydrogen-bond donors (Lipinski definition) is 0. The van der Waals surface area contributed by atoms with Crippen molar-refractivity contribution in [3.8, 4) is 0 Å². The molecule has 0 saturated carbocycles. The highest BCUT2D eigenvalue weighted by molar-refractivity contribution is 7.93. The lowest BCUT2D eigenvalue weighted by Gasteiger charge is -2.49. The van der Waals surface area contributed by atoms with Crippen molar-refractivity contribution in [1.29, 1.82) is 0 Å². The zero-order chi connectivity index (χ0) is 22.4. The van der Waals surface area contributed by atoms with Gasteiger partial charge in [-0.15, -0.1) is 0 Å². The molecular weight excluding hydrogens is 414 g/mol. The molecule has 2 aliphatic heterocycles. The molecule has 2 aliphatic rings. The van der Waals surface area contributed by atoms with Crippen LogP contribution in [0.1, 0.15) is 38.1 Å². The van der Waals surface area contributed by atoms with Crippen LogP contribution in [0.25, 0.3) is 0 Å². The molecule has 1 fully saturated rings. The lowest BCUT2D eigenvalue weighted by molar-refractivity contribution is -0.167. The van der Waals surface area contributed by atoms with E-state index in [9.17, 15) is 22.8 Å². The van der Waals surface area contributed by atoms with Crippen molar-refractivity contribution in [3.63, 3.8) is 0 Å². The third kappa shape index (κ3) is 3.61. The molecule has 0 aliphatic carbocycles. The van der Waals surface area contributed by atoms with Crippen LogP contribution in [0.3, 0.4) is 0 Å². The van der Waals surface area contributed by atoms with E-state index in [0.717, 1.165) is 4.90 Å². The van der Waals surface area contributed by atoms with Gasteiger partial charge in [0.05, 0.1) is 5.56 Å². The summed E-state index contributed by atoms with van der Waals surface area (Å²) in [6, 6.07) is 7.86. The summed E-state index contributed by atoms with van der Waals surface area (Å²) in [4.78, 5) is 38.7. The zero-order valence-corrected chi connectivity index (χ0v) is 18.1. The molecule has 3 atom stereocenters. The molecule has 1 saturated heterocycles. The van der Waals surface area contributed by atoms with Gasteiger partial charge in [-0.2, -0.15) is 0 Å². The molecule has 0 spiro atoms. The Labute approximate surface area is 174 Å². The van der Waals surface area contributed by atoms with E-state index in [1.54, 1.807) is 39.0 Å². The van der Waals surface area contributed by atoms with E-state index >= 15 is 0 Å². The van der Waals surface area contributed by atoms with Crippen molar-refractivity contribution >= 4 is 27.7 Å². The molecule has 1 unspecified atom stereocenters. The zero-order valence-electron chi connectivity index (χ0n) is 17.2. The highest BCUT2D eigenvalue weighted by Gasteiger charge is 2.64. The van der Waals surface area contributed by atoms with Crippen LogP contribution >= 0.6 is 0 Å². The van der Waals surface area contributed by atoms with Crippen molar-refractivity contribution < 1.29 is 37.0 Å². The number of rotatable bonds is 4. The Morgan fingerprint density at radius 3 is 2.20 bits per heavy atom. The van der Waals surface area contributed by atoms with Crippen LogP contribution in [0.2, 0.25) is 0 Å². The molecule has 30 heavy (non-hydrogen) atoms. The van der Waals surface area contributed by atoms with Crippen LogP contribution in [0.15, 0.2) is 41.6 Å². The molecule has 0 bridgehead atoms. The molecule has 0 N–H and O–H groups in total. The third-order valence-corrected chi connectivity index (χ3v) is 6.84. The first-order valence-electron chi connectivity index (χ1n) is 9.19. The van der Waals surface area contributed by atoms with Crippen molar-refractivity contribution in [3.05, 3.63) is 47.2 Å². The largest absolute Gasteiger partial charge is 0.455 e. The van der Waals surface area contributed by atoms with Crippen LogP contribution in [-0.2, 0) is 33.6 Å². The van der Waals surface area contributed by atoms with E-state index < -0.39 is 50.2 Å². The first-order chi connectivity index (χ1) is 13.9. The number of β-lactam (4-membered cyclic amide) rings is 1. The molecule has 1 amide bonds. The highest BCUT2D eigenvalue weighted by Crippen LogP contribution is 2.42. The Bertz CT molecular complexity index is 1020. The van der Waals surface area contributed by atoms with Crippen molar-refractivity contribution in [2.24, 2.45) is 0 Å². The topological polar surface area (TPSA) is 116 Å². The number of fused-ring (bicyclic) bond motifs is 1. The second-order valence-corrected chi connectivity index (χ2v) is 10.1. The van der Waals surface area contributed by atoms with Gasteiger partial charge in [-0.1, -0.05) is 18.2 Å². The molecule has 0 aromatic heterocycles. The summed E-state index contributed by atoms with van der Waals surface area (Å²) in [5.74, 6) is -2.44. The molecule has 9 nitrogen and oxygen atoms in total.